The number of pyridine rings is 1. The van der Waals surface area contributed by atoms with Crippen LogP contribution in [-0.2, 0) is 9.53 Å². The van der Waals surface area contributed by atoms with Gasteiger partial charge in [-0.3, -0.25) is 9.78 Å². The van der Waals surface area contributed by atoms with Gasteiger partial charge in [-0.15, -0.1) is 0 Å². The van der Waals surface area contributed by atoms with Gasteiger partial charge in [0.15, 0.2) is 5.11 Å². The number of methoxy groups -OCH3 is 1. The summed E-state index contributed by atoms with van der Waals surface area (Å²) in [5.74, 6) is 0.632. The van der Waals surface area contributed by atoms with Crippen molar-refractivity contribution in [3.8, 4) is 11.4 Å². The lowest BCUT2D eigenvalue weighted by Gasteiger charge is -2.29. The first kappa shape index (κ1) is 26.4. The van der Waals surface area contributed by atoms with Gasteiger partial charge in [-0.25, -0.2) is 0 Å². The fraction of sp³-hybridized carbons (Fsp3) is 0.233. The fourth-order valence-corrected chi connectivity index (χ4v) is 5.27. The van der Waals surface area contributed by atoms with E-state index < -0.39 is 0 Å². The molecule has 2 aromatic heterocycles. The summed E-state index contributed by atoms with van der Waals surface area (Å²) in [6.45, 7) is 4.56. The summed E-state index contributed by atoms with van der Waals surface area (Å²) in [5, 5.41) is 7.02. The van der Waals surface area contributed by atoms with Crippen LogP contribution in [0.2, 0.25) is 0 Å². The van der Waals surface area contributed by atoms with Crippen LogP contribution in [-0.4, -0.2) is 40.9 Å². The minimum Gasteiger partial charge on any atom is -0.494 e. The van der Waals surface area contributed by atoms with Crippen molar-refractivity contribution < 1.29 is 14.3 Å². The molecule has 8 nitrogen and oxygen atoms in total. The number of carbonyl (C=O) groups excluding carboxylic acids is 1. The second kappa shape index (κ2) is 11.7. The first-order valence-corrected chi connectivity index (χ1v) is 13.2. The van der Waals surface area contributed by atoms with Crippen LogP contribution in [0, 0.1) is 6.92 Å². The fourth-order valence-electron chi connectivity index (χ4n) is 4.93. The predicted octanol–water partition coefficient (Wildman–Crippen LogP) is 5.34. The number of nitrogens with zero attached hydrogens (tertiary/aromatic N) is 3. The molecule has 3 heterocycles. The number of amides is 1. The average Bonchev–Trinajstić information content (AvgIpc) is 3.55. The molecule has 1 fully saturated rings. The maximum absolute atomic E-state index is 12.1. The van der Waals surface area contributed by atoms with E-state index in [-0.39, 0.29) is 24.6 Å². The van der Waals surface area contributed by atoms with E-state index >= 15 is 0 Å². The summed E-state index contributed by atoms with van der Waals surface area (Å²) in [5.41, 5.74) is 5.53. The van der Waals surface area contributed by atoms with E-state index in [1.54, 1.807) is 6.20 Å². The van der Waals surface area contributed by atoms with Crippen molar-refractivity contribution in [1.29, 1.82) is 0 Å². The molecule has 0 bridgehead atoms. The largest absolute Gasteiger partial charge is 0.494 e. The van der Waals surface area contributed by atoms with Crippen molar-refractivity contribution in [3.05, 3.63) is 102 Å². The number of aromatic nitrogens is 2. The van der Waals surface area contributed by atoms with Gasteiger partial charge >= 0.3 is 0 Å². The number of carbonyl (C=O) groups is 1. The standard InChI is InChI=1S/C30H31N5O3S/c1-4-38-23-13-10-21(11-14-23)34-17-7-9-26(34)29-28(25-8-5-6-16-31-25)33-30(39)35(29)22-12-15-24(20(2)18-22)32-27(36)19-37-3/h5-18,28-29H,4,19H2,1-3H3,(H,32,36)(H,33,39)/t28-,29+/m0/s1. The Bertz CT molecular complexity index is 1460. The highest BCUT2D eigenvalue weighted by atomic mass is 32.1. The molecule has 1 aliphatic heterocycles. The number of anilines is 2. The van der Waals surface area contributed by atoms with E-state index in [9.17, 15) is 4.79 Å². The van der Waals surface area contributed by atoms with Gasteiger partial charge in [0.25, 0.3) is 0 Å². The summed E-state index contributed by atoms with van der Waals surface area (Å²) in [6, 6.07) is 23.7. The number of rotatable bonds is 9. The Hall–Kier alpha value is -4.21. The summed E-state index contributed by atoms with van der Waals surface area (Å²) in [7, 11) is 1.50. The average molecular weight is 542 g/mol. The van der Waals surface area contributed by atoms with E-state index in [2.05, 4.69) is 49.5 Å². The zero-order valence-corrected chi connectivity index (χ0v) is 22.9. The third-order valence-corrected chi connectivity index (χ3v) is 6.96. The van der Waals surface area contributed by atoms with Gasteiger partial charge in [0.05, 0.1) is 18.3 Å². The second-order valence-corrected chi connectivity index (χ2v) is 9.59. The van der Waals surface area contributed by atoms with Gasteiger partial charge in [-0.2, -0.15) is 0 Å². The van der Waals surface area contributed by atoms with Gasteiger partial charge in [-0.1, -0.05) is 6.07 Å². The summed E-state index contributed by atoms with van der Waals surface area (Å²) in [4.78, 5) is 18.9. The van der Waals surface area contributed by atoms with Gasteiger partial charge < -0.3 is 29.6 Å². The highest BCUT2D eigenvalue weighted by Crippen LogP contribution is 2.43. The minimum absolute atomic E-state index is 0.00229. The normalized spacial score (nSPS) is 16.7. The molecule has 1 amide bonds. The molecule has 39 heavy (non-hydrogen) atoms. The highest BCUT2D eigenvalue weighted by Gasteiger charge is 2.42. The summed E-state index contributed by atoms with van der Waals surface area (Å²) >= 11 is 5.91. The van der Waals surface area contributed by atoms with Crippen LogP contribution in [0.25, 0.3) is 5.69 Å². The number of hydrogen-bond donors (Lipinski definition) is 2. The van der Waals surface area contributed by atoms with Crippen molar-refractivity contribution >= 4 is 34.6 Å². The van der Waals surface area contributed by atoms with Crippen LogP contribution in [0.5, 0.6) is 5.75 Å². The Balaban J connectivity index is 1.56. The third-order valence-electron chi connectivity index (χ3n) is 6.65. The molecule has 200 valence electrons. The van der Waals surface area contributed by atoms with Crippen LogP contribution >= 0.6 is 12.2 Å². The molecule has 0 aliphatic carbocycles. The van der Waals surface area contributed by atoms with E-state index in [1.807, 2.05) is 68.4 Å². The molecule has 5 rings (SSSR count). The molecule has 2 atom stereocenters. The number of hydrogen-bond acceptors (Lipinski definition) is 5. The predicted molar refractivity (Wildman–Crippen MR) is 157 cm³/mol. The van der Waals surface area contributed by atoms with Crippen molar-refractivity contribution in [3.63, 3.8) is 0 Å². The monoisotopic (exact) mass is 541 g/mol. The molecule has 2 aromatic carbocycles. The maximum atomic E-state index is 12.1. The second-order valence-electron chi connectivity index (χ2n) is 9.21. The van der Waals surface area contributed by atoms with E-state index in [1.165, 1.54) is 7.11 Å². The number of aryl methyl sites for hydroxylation is 1. The Morgan fingerprint density at radius 3 is 2.56 bits per heavy atom. The quantitative estimate of drug-likeness (QED) is 0.277. The maximum Gasteiger partial charge on any atom is 0.250 e. The molecule has 4 aromatic rings. The Labute approximate surface area is 233 Å². The molecule has 0 spiro atoms. The van der Waals surface area contributed by atoms with Crippen molar-refractivity contribution in [1.82, 2.24) is 14.9 Å². The van der Waals surface area contributed by atoms with Crippen LogP contribution in [0.15, 0.2) is 85.2 Å². The first-order valence-electron chi connectivity index (χ1n) is 12.8. The zero-order valence-electron chi connectivity index (χ0n) is 22.1. The lowest BCUT2D eigenvalue weighted by atomic mass is 10.00. The number of ether oxygens (including phenoxy) is 2. The molecule has 2 N–H and O–H groups in total. The van der Waals surface area contributed by atoms with Crippen molar-refractivity contribution in [2.45, 2.75) is 25.9 Å². The summed E-state index contributed by atoms with van der Waals surface area (Å²) < 4.78 is 12.8. The molecule has 1 aliphatic rings. The van der Waals surface area contributed by atoms with E-state index in [0.29, 0.717) is 11.7 Å². The smallest absolute Gasteiger partial charge is 0.250 e. The van der Waals surface area contributed by atoms with Gasteiger partial charge in [0.1, 0.15) is 18.4 Å². The summed E-state index contributed by atoms with van der Waals surface area (Å²) in [6.07, 6.45) is 3.85. The minimum atomic E-state index is -0.201. The van der Waals surface area contributed by atoms with Crippen molar-refractivity contribution in [2.75, 3.05) is 30.5 Å². The Kier molecular flexibility index (Phi) is 7.90. The SMILES string of the molecule is CCOc1ccc(-n2cccc2[C@@H]2[C@H](c3ccccn3)NC(=S)N2c2ccc(NC(=O)COC)c(C)c2)cc1. The molecular formula is C30H31N5O3S. The molecule has 0 unspecified atom stereocenters. The number of benzene rings is 2. The zero-order chi connectivity index (χ0) is 27.4. The molecule has 1 saturated heterocycles. The van der Waals surface area contributed by atoms with Crippen molar-refractivity contribution in [2.24, 2.45) is 0 Å². The number of nitrogens with one attached hydrogen (secondary N) is 2. The topological polar surface area (TPSA) is 80.7 Å². The van der Waals surface area contributed by atoms with Crippen LogP contribution in [0.3, 0.4) is 0 Å². The Morgan fingerprint density at radius 1 is 1.08 bits per heavy atom. The molecule has 0 saturated carbocycles. The lowest BCUT2D eigenvalue weighted by Crippen LogP contribution is -2.30. The van der Waals surface area contributed by atoms with Crippen LogP contribution < -0.4 is 20.3 Å². The lowest BCUT2D eigenvalue weighted by molar-refractivity contribution is -0.119. The van der Waals surface area contributed by atoms with Gasteiger partial charge in [-0.05, 0) is 98.4 Å². The van der Waals surface area contributed by atoms with E-state index in [4.69, 9.17) is 21.7 Å². The first-order chi connectivity index (χ1) is 19.0. The van der Waals surface area contributed by atoms with Crippen LogP contribution in [0.1, 0.15) is 36.0 Å². The third kappa shape index (κ3) is 5.50. The van der Waals surface area contributed by atoms with Gasteiger partial charge in [0.2, 0.25) is 5.91 Å². The Morgan fingerprint density at radius 2 is 1.87 bits per heavy atom. The molecule has 9 heteroatoms. The highest BCUT2D eigenvalue weighted by molar-refractivity contribution is 7.80. The molecule has 0 radical (unpaired) electrons. The molecular weight excluding hydrogens is 510 g/mol. The number of thiocarbonyl (C=S) groups is 1. The van der Waals surface area contributed by atoms with Gasteiger partial charge in [0, 0.05) is 42.3 Å². The van der Waals surface area contributed by atoms with E-state index in [0.717, 1.165) is 39.8 Å². The van der Waals surface area contributed by atoms with Crippen LogP contribution in [0.4, 0.5) is 11.4 Å².